The molecule has 21 heavy (non-hydrogen) atoms. The van der Waals surface area contributed by atoms with Crippen LogP contribution in [-0.4, -0.2) is 41.3 Å². The second-order valence-corrected chi connectivity index (χ2v) is 5.32. The lowest BCUT2D eigenvalue weighted by Crippen LogP contribution is -2.41. The van der Waals surface area contributed by atoms with Crippen LogP contribution in [-0.2, 0) is 4.79 Å². The second kappa shape index (κ2) is 6.47. The van der Waals surface area contributed by atoms with E-state index in [1.165, 1.54) is 29.2 Å². The summed E-state index contributed by atoms with van der Waals surface area (Å²) in [6.45, 7) is 0.638. The number of carbonyl (C=O) groups is 1. The van der Waals surface area contributed by atoms with Crippen molar-refractivity contribution in [1.82, 2.24) is 4.90 Å². The number of alkyl halides is 3. The van der Waals surface area contributed by atoms with Crippen LogP contribution in [0.15, 0.2) is 30.3 Å². The number of aliphatic hydroxyl groups is 1. The minimum atomic E-state index is -4.45. The Kier molecular flexibility index (Phi) is 4.88. The van der Waals surface area contributed by atoms with Crippen LogP contribution in [0.1, 0.15) is 30.7 Å². The Balaban J connectivity index is 2.07. The van der Waals surface area contributed by atoms with Gasteiger partial charge in [-0.1, -0.05) is 30.3 Å². The number of amides is 1. The Labute approximate surface area is 121 Å². The summed E-state index contributed by atoms with van der Waals surface area (Å²) in [5.41, 5.74) is 0.107. The van der Waals surface area contributed by atoms with E-state index in [1.807, 2.05) is 0 Å². The maximum atomic E-state index is 13.2. The first-order valence-corrected chi connectivity index (χ1v) is 6.95. The summed E-state index contributed by atoms with van der Waals surface area (Å²) in [6, 6.07) is 7.51. The fraction of sp³-hybridized carbons (Fsp3) is 0.533. The summed E-state index contributed by atoms with van der Waals surface area (Å²) in [6.07, 6.45) is -4.64. The van der Waals surface area contributed by atoms with Gasteiger partial charge in [0.1, 0.15) is 0 Å². The number of nitrogens with zero attached hydrogens (tertiary/aromatic N) is 1. The molecule has 2 rings (SSSR count). The highest BCUT2D eigenvalue weighted by Gasteiger charge is 2.42. The van der Waals surface area contributed by atoms with Gasteiger partial charge in [0.25, 0.3) is 0 Å². The molecule has 0 aromatic heterocycles. The molecule has 1 amide bonds. The molecule has 1 aromatic carbocycles. The van der Waals surface area contributed by atoms with Gasteiger partial charge in [-0.05, 0) is 18.4 Å². The topological polar surface area (TPSA) is 40.5 Å². The third-order valence-electron chi connectivity index (χ3n) is 3.79. The lowest BCUT2D eigenvalue weighted by atomic mass is 9.94. The number of benzene rings is 1. The van der Waals surface area contributed by atoms with Gasteiger partial charge in [-0.3, -0.25) is 4.79 Å². The number of likely N-dealkylation sites (tertiary alicyclic amines) is 1. The zero-order chi connectivity index (χ0) is 15.5. The van der Waals surface area contributed by atoms with E-state index in [9.17, 15) is 23.1 Å². The van der Waals surface area contributed by atoms with Crippen LogP contribution in [0.4, 0.5) is 13.2 Å². The van der Waals surface area contributed by atoms with Gasteiger partial charge in [-0.15, -0.1) is 0 Å². The molecule has 1 saturated heterocycles. The molecule has 1 heterocycles. The molecule has 1 atom stereocenters. The van der Waals surface area contributed by atoms with Gasteiger partial charge in [0.05, 0.1) is 12.0 Å². The van der Waals surface area contributed by atoms with E-state index in [1.54, 1.807) is 6.07 Å². The molecule has 1 aliphatic heterocycles. The average molecular weight is 301 g/mol. The van der Waals surface area contributed by atoms with Gasteiger partial charge in [0.2, 0.25) is 5.91 Å². The highest BCUT2D eigenvalue weighted by Crippen LogP contribution is 2.37. The third kappa shape index (κ3) is 4.20. The van der Waals surface area contributed by atoms with E-state index in [4.69, 9.17) is 0 Å². The molecular weight excluding hydrogens is 283 g/mol. The maximum absolute atomic E-state index is 13.2. The summed E-state index contributed by atoms with van der Waals surface area (Å²) in [5, 5.41) is 9.38. The molecule has 1 aromatic rings. The summed E-state index contributed by atoms with van der Waals surface area (Å²) < 4.78 is 39.6. The van der Waals surface area contributed by atoms with E-state index < -0.39 is 30.5 Å². The van der Waals surface area contributed by atoms with E-state index in [-0.39, 0.29) is 5.56 Å². The summed E-state index contributed by atoms with van der Waals surface area (Å²) in [7, 11) is 0. The Bertz CT molecular complexity index is 468. The minimum absolute atomic E-state index is 0.107. The number of carbonyl (C=O) groups excluding carboxylic acids is 1. The van der Waals surface area contributed by atoms with Gasteiger partial charge in [0.15, 0.2) is 0 Å². The molecule has 6 heteroatoms. The molecule has 3 nitrogen and oxygen atoms in total. The van der Waals surface area contributed by atoms with Crippen molar-refractivity contribution >= 4 is 5.91 Å². The van der Waals surface area contributed by atoms with Gasteiger partial charge in [-0.2, -0.15) is 13.2 Å². The number of rotatable bonds is 3. The maximum Gasteiger partial charge on any atom is 0.396 e. The Morgan fingerprint density at radius 1 is 1.24 bits per heavy atom. The van der Waals surface area contributed by atoms with Gasteiger partial charge in [-0.25, -0.2) is 0 Å². The lowest BCUT2D eigenvalue weighted by molar-refractivity contribution is -0.161. The normalized spacial score (nSPS) is 18.6. The van der Waals surface area contributed by atoms with Crippen molar-refractivity contribution in [3.05, 3.63) is 35.9 Å². The molecule has 1 fully saturated rings. The fourth-order valence-electron chi connectivity index (χ4n) is 2.53. The predicted octanol–water partition coefficient (Wildman–Crippen LogP) is 2.71. The first-order chi connectivity index (χ1) is 9.88. The molecule has 0 radical (unpaired) electrons. The SMILES string of the molecule is O=C(C[C@H](c1ccccc1)C(F)(F)F)N1CCC(O)CC1. The van der Waals surface area contributed by atoms with Crippen molar-refractivity contribution in [2.24, 2.45) is 0 Å². The number of halogens is 3. The summed E-state index contributed by atoms with van der Waals surface area (Å²) in [4.78, 5) is 13.5. The van der Waals surface area contributed by atoms with Crippen molar-refractivity contribution in [2.45, 2.75) is 37.5 Å². The summed E-state index contributed by atoms with van der Waals surface area (Å²) in [5.74, 6) is -2.29. The summed E-state index contributed by atoms with van der Waals surface area (Å²) >= 11 is 0. The molecule has 0 bridgehead atoms. The Hall–Kier alpha value is -1.56. The second-order valence-electron chi connectivity index (χ2n) is 5.32. The fourth-order valence-corrected chi connectivity index (χ4v) is 2.53. The molecular formula is C15H18F3NO2. The van der Waals surface area contributed by atoms with Crippen molar-refractivity contribution in [1.29, 1.82) is 0 Å². The van der Waals surface area contributed by atoms with Crippen LogP contribution in [0.5, 0.6) is 0 Å². The molecule has 1 aliphatic rings. The molecule has 1 N–H and O–H groups in total. The largest absolute Gasteiger partial charge is 0.396 e. The van der Waals surface area contributed by atoms with Gasteiger partial charge in [0, 0.05) is 19.5 Å². The number of hydrogen-bond acceptors (Lipinski definition) is 2. The van der Waals surface area contributed by atoms with Crippen molar-refractivity contribution in [3.8, 4) is 0 Å². The third-order valence-corrected chi connectivity index (χ3v) is 3.79. The highest BCUT2D eigenvalue weighted by molar-refractivity contribution is 5.77. The average Bonchev–Trinajstić information content (AvgIpc) is 2.45. The van der Waals surface area contributed by atoms with Crippen LogP contribution >= 0.6 is 0 Å². The minimum Gasteiger partial charge on any atom is -0.393 e. The van der Waals surface area contributed by atoms with Crippen LogP contribution in [0.2, 0.25) is 0 Å². The van der Waals surface area contributed by atoms with Crippen molar-refractivity contribution in [3.63, 3.8) is 0 Å². The highest BCUT2D eigenvalue weighted by atomic mass is 19.4. The van der Waals surface area contributed by atoms with Gasteiger partial charge >= 0.3 is 6.18 Å². The molecule has 0 unspecified atom stereocenters. The standard InChI is InChI=1S/C15H18F3NO2/c16-15(17,18)13(11-4-2-1-3-5-11)10-14(21)19-8-6-12(20)7-9-19/h1-5,12-13,20H,6-10H2/t13-/m1/s1. The molecule has 0 saturated carbocycles. The van der Waals surface area contributed by atoms with Crippen LogP contribution in [0, 0.1) is 0 Å². The Morgan fingerprint density at radius 3 is 2.33 bits per heavy atom. The van der Waals surface area contributed by atoms with Crippen LogP contribution < -0.4 is 0 Å². The zero-order valence-corrected chi connectivity index (χ0v) is 11.5. The molecule has 116 valence electrons. The van der Waals surface area contributed by atoms with Crippen molar-refractivity contribution < 1.29 is 23.1 Å². The molecule has 0 spiro atoms. The smallest absolute Gasteiger partial charge is 0.393 e. The van der Waals surface area contributed by atoms with E-state index in [0.717, 1.165) is 0 Å². The predicted molar refractivity (Wildman–Crippen MR) is 71.7 cm³/mol. The van der Waals surface area contributed by atoms with E-state index in [2.05, 4.69) is 0 Å². The lowest BCUT2D eigenvalue weighted by Gasteiger charge is -2.31. The Morgan fingerprint density at radius 2 is 1.81 bits per heavy atom. The van der Waals surface area contributed by atoms with Gasteiger partial charge < -0.3 is 10.0 Å². The number of aliphatic hydroxyl groups excluding tert-OH is 1. The molecule has 0 aliphatic carbocycles. The van der Waals surface area contributed by atoms with E-state index >= 15 is 0 Å². The monoisotopic (exact) mass is 301 g/mol. The number of piperidine rings is 1. The quantitative estimate of drug-likeness (QED) is 0.932. The van der Waals surface area contributed by atoms with E-state index in [0.29, 0.717) is 25.9 Å². The first-order valence-electron chi connectivity index (χ1n) is 6.95. The first kappa shape index (κ1) is 15.8. The van der Waals surface area contributed by atoms with Crippen LogP contribution in [0.3, 0.4) is 0 Å². The van der Waals surface area contributed by atoms with Crippen LogP contribution in [0.25, 0.3) is 0 Å². The number of hydrogen-bond donors (Lipinski definition) is 1. The van der Waals surface area contributed by atoms with Crippen molar-refractivity contribution in [2.75, 3.05) is 13.1 Å². The zero-order valence-electron chi connectivity index (χ0n) is 11.5.